The number of nitrogens with zero attached hydrogens (tertiary/aromatic N) is 1. The molecule has 3 nitrogen and oxygen atoms in total. The minimum Gasteiger partial charge on any atom is -0.324 e. The summed E-state index contributed by atoms with van der Waals surface area (Å²) < 4.78 is 0. The van der Waals surface area contributed by atoms with E-state index in [9.17, 15) is 4.79 Å². The van der Waals surface area contributed by atoms with E-state index in [0.717, 1.165) is 5.70 Å². The number of carbonyl (C=O) groups is 1. The summed E-state index contributed by atoms with van der Waals surface area (Å²) in [7, 11) is 3.77. The van der Waals surface area contributed by atoms with Crippen LogP contribution in [0.15, 0.2) is 11.8 Å². The monoisotopic (exact) mass is 156 g/mol. The number of hydrogen-bond donors (Lipinski definition) is 1. The maximum atomic E-state index is 10.9. The molecule has 64 valence electrons. The fourth-order valence-corrected chi connectivity index (χ4v) is 0.729. The molecule has 0 atom stereocenters. The quantitative estimate of drug-likeness (QED) is 0.485. The van der Waals surface area contributed by atoms with Gasteiger partial charge in [0.15, 0.2) is 5.78 Å². The second kappa shape index (κ2) is 4.91. The Morgan fingerprint density at radius 3 is 2.45 bits per heavy atom. The molecule has 0 spiro atoms. The van der Waals surface area contributed by atoms with Gasteiger partial charge in [0.05, 0.1) is 0 Å². The third-order valence-corrected chi connectivity index (χ3v) is 1.13. The molecule has 0 aliphatic rings. The first kappa shape index (κ1) is 10.2. The van der Waals surface area contributed by atoms with E-state index in [1.165, 1.54) is 0 Å². The molecule has 0 aliphatic carbocycles. The summed E-state index contributed by atoms with van der Waals surface area (Å²) >= 11 is 0. The Balaban J connectivity index is 3.90. The van der Waals surface area contributed by atoms with Crippen molar-refractivity contribution in [2.45, 2.75) is 20.3 Å². The highest BCUT2D eigenvalue weighted by Gasteiger charge is 1.94. The maximum Gasteiger partial charge on any atom is 0.157 e. The number of hydrazine groups is 1. The van der Waals surface area contributed by atoms with E-state index in [-0.39, 0.29) is 5.78 Å². The molecule has 0 aliphatic heterocycles. The van der Waals surface area contributed by atoms with Crippen LogP contribution in [0.25, 0.3) is 0 Å². The minimum atomic E-state index is 0.150. The van der Waals surface area contributed by atoms with E-state index in [0.29, 0.717) is 6.42 Å². The summed E-state index contributed by atoms with van der Waals surface area (Å²) in [6.07, 6.45) is 2.17. The third-order valence-electron chi connectivity index (χ3n) is 1.13. The van der Waals surface area contributed by atoms with Gasteiger partial charge in [-0.15, -0.1) is 0 Å². The number of hydrogen-bond acceptors (Lipinski definition) is 3. The molecule has 0 unspecified atom stereocenters. The Bertz CT molecular complexity index is 161. The highest BCUT2D eigenvalue weighted by atomic mass is 16.1. The van der Waals surface area contributed by atoms with Crippen LogP contribution in [0.2, 0.25) is 0 Å². The standard InChI is InChI=1S/C8H16N2O/c1-5-8(11)6-7(2)9-10(3)4/h6,9H,5H2,1-4H3/b7-6-. The molecule has 11 heavy (non-hydrogen) atoms. The predicted molar refractivity (Wildman–Crippen MR) is 45.9 cm³/mol. The summed E-state index contributed by atoms with van der Waals surface area (Å²) in [4.78, 5) is 10.9. The van der Waals surface area contributed by atoms with E-state index >= 15 is 0 Å². The van der Waals surface area contributed by atoms with Gasteiger partial charge in [-0.25, -0.2) is 5.01 Å². The van der Waals surface area contributed by atoms with Gasteiger partial charge < -0.3 is 5.43 Å². The number of carbonyl (C=O) groups excluding carboxylic acids is 1. The average Bonchev–Trinajstić information content (AvgIpc) is 1.85. The van der Waals surface area contributed by atoms with Gasteiger partial charge in [0.2, 0.25) is 0 Å². The average molecular weight is 156 g/mol. The Labute approximate surface area is 68.0 Å². The molecule has 0 radical (unpaired) electrons. The van der Waals surface area contributed by atoms with Gasteiger partial charge >= 0.3 is 0 Å². The zero-order chi connectivity index (χ0) is 8.85. The highest BCUT2D eigenvalue weighted by molar-refractivity contribution is 5.89. The normalized spacial score (nSPS) is 11.9. The third kappa shape index (κ3) is 5.61. The Morgan fingerprint density at radius 1 is 1.55 bits per heavy atom. The summed E-state index contributed by atoms with van der Waals surface area (Å²) in [6, 6.07) is 0. The zero-order valence-corrected chi connectivity index (χ0v) is 7.64. The maximum absolute atomic E-state index is 10.9. The lowest BCUT2D eigenvalue weighted by molar-refractivity contribution is -0.114. The van der Waals surface area contributed by atoms with Crippen molar-refractivity contribution in [3.8, 4) is 0 Å². The first-order valence-electron chi connectivity index (χ1n) is 3.71. The van der Waals surface area contributed by atoms with Crippen LogP contribution in [0.3, 0.4) is 0 Å². The SMILES string of the molecule is CCC(=O)/C=C(/C)NN(C)C. The molecule has 0 saturated carbocycles. The molecule has 0 aromatic heterocycles. The fourth-order valence-electron chi connectivity index (χ4n) is 0.729. The number of nitrogens with one attached hydrogen (secondary N) is 1. The predicted octanol–water partition coefficient (Wildman–Crippen LogP) is 0.935. The van der Waals surface area contributed by atoms with E-state index in [2.05, 4.69) is 5.43 Å². The van der Waals surface area contributed by atoms with Gasteiger partial charge in [-0.3, -0.25) is 4.79 Å². The molecular weight excluding hydrogens is 140 g/mol. The first-order valence-corrected chi connectivity index (χ1v) is 3.71. The largest absolute Gasteiger partial charge is 0.324 e. The van der Waals surface area contributed by atoms with Crippen molar-refractivity contribution >= 4 is 5.78 Å². The van der Waals surface area contributed by atoms with E-state index in [4.69, 9.17) is 0 Å². The van der Waals surface area contributed by atoms with Crippen LogP contribution in [0.1, 0.15) is 20.3 Å². The minimum absolute atomic E-state index is 0.150. The molecule has 1 N–H and O–H groups in total. The summed E-state index contributed by atoms with van der Waals surface area (Å²) in [5.74, 6) is 0.150. The molecule has 0 fully saturated rings. The lowest BCUT2D eigenvalue weighted by Gasteiger charge is -2.12. The van der Waals surface area contributed by atoms with Crippen molar-refractivity contribution in [3.05, 3.63) is 11.8 Å². The van der Waals surface area contributed by atoms with Gasteiger partial charge in [0, 0.05) is 32.3 Å². The Hall–Kier alpha value is -0.830. The summed E-state index contributed by atoms with van der Waals surface area (Å²) in [5.41, 5.74) is 3.86. The van der Waals surface area contributed by atoms with Crippen molar-refractivity contribution in [2.75, 3.05) is 14.1 Å². The van der Waals surface area contributed by atoms with E-state index in [1.54, 1.807) is 11.1 Å². The van der Waals surface area contributed by atoms with Crippen LogP contribution in [0.4, 0.5) is 0 Å². The lowest BCUT2D eigenvalue weighted by Crippen LogP contribution is -2.28. The van der Waals surface area contributed by atoms with Gasteiger partial charge in [-0.1, -0.05) is 6.92 Å². The summed E-state index contributed by atoms with van der Waals surface area (Å²) in [6.45, 7) is 3.72. The van der Waals surface area contributed by atoms with Crippen molar-refractivity contribution in [1.29, 1.82) is 0 Å². The molecule has 0 amide bonds. The van der Waals surface area contributed by atoms with Gasteiger partial charge in [-0.2, -0.15) is 0 Å². The lowest BCUT2D eigenvalue weighted by atomic mass is 10.3. The first-order chi connectivity index (χ1) is 5.06. The number of rotatable bonds is 4. The number of ketones is 1. The molecule has 3 heteroatoms. The van der Waals surface area contributed by atoms with Crippen molar-refractivity contribution in [2.24, 2.45) is 0 Å². The van der Waals surface area contributed by atoms with Crippen LogP contribution in [-0.4, -0.2) is 24.9 Å². The molecular formula is C8H16N2O. The second-order valence-electron chi connectivity index (χ2n) is 2.65. The molecule has 0 saturated heterocycles. The van der Waals surface area contributed by atoms with Crippen molar-refractivity contribution in [1.82, 2.24) is 10.4 Å². The van der Waals surface area contributed by atoms with Crippen LogP contribution >= 0.6 is 0 Å². The van der Waals surface area contributed by atoms with E-state index in [1.807, 2.05) is 27.9 Å². The van der Waals surface area contributed by atoms with Crippen LogP contribution < -0.4 is 5.43 Å². The molecule has 0 aromatic rings. The van der Waals surface area contributed by atoms with Crippen molar-refractivity contribution < 1.29 is 4.79 Å². The molecule has 0 rings (SSSR count). The van der Waals surface area contributed by atoms with Crippen LogP contribution in [0, 0.1) is 0 Å². The number of allylic oxidation sites excluding steroid dienone is 2. The molecule has 0 bridgehead atoms. The Morgan fingerprint density at radius 2 is 2.09 bits per heavy atom. The van der Waals surface area contributed by atoms with E-state index < -0.39 is 0 Å². The molecule has 0 aromatic carbocycles. The topological polar surface area (TPSA) is 32.3 Å². The second-order valence-corrected chi connectivity index (χ2v) is 2.65. The molecule has 0 heterocycles. The Kier molecular flexibility index (Phi) is 4.54. The van der Waals surface area contributed by atoms with Crippen LogP contribution in [0.5, 0.6) is 0 Å². The van der Waals surface area contributed by atoms with Gasteiger partial charge in [0.25, 0.3) is 0 Å². The zero-order valence-electron chi connectivity index (χ0n) is 7.64. The fraction of sp³-hybridized carbons (Fsp3) is 0.625. The van der Waals surface area contributed by atoms with Crippen LogP contribution in [-0.2, 0) is 4.79 Å². The van der Waals surface area contributed by atoms with Gasteiger partial charge in [0.1, 0.15) is 0 Å². The smallest absolute Gasteiger partial charge is 0.157 e. The highest BCUT2D eigenvalue weighted by Crippen LogP contribution is 1.90. The summed E-state index contributed by atoms with van der Waals surface area (Å²) in [5, 5.41) is 1.80. The van der Waals surface area contributed by atoms with Gasteiger partial charge in [-0.05, 0) is 6.92 Å². The van der Waals surface area contributed by atoms with Crippen molar-refractivity contribution in [3.63, 3.8) is 0 Å².